The van der Waals surface area contributed by atoms with Crippen molar-refractivity contribution < 1.29 is 27.1 Å². The van der Waals surface area contributed by atoms with Crippen molar-refractivity contribution in [3.05, 3.63) is 74.0 Å². The van der Waals surface area contributed by atoms with Gasteiger partial charge in [-0.2, -0.15) is 18.3 Å². The Kier molecular flexibility index (Phi) is 7.64. The summed E-state index contributed by atoms with van der Waals surface area (Å²) in [5.41, 5.74) is -1.31. The van der Waals surface area contributed by atoms with Crippen LogP contribution in [-0.2, 0) is 30.9 Å². The minimum atomic E-state index is -4.57. The first-order valence-electron chi connectivity index (χ1n) is 10.6. The molecule has 0 amide bonds. The Bertz CT molecular complexity index is 1320. The van der Waals surface area contributed by atoms with Gasteiger partial charge in [0, 0.05) is 23.8 Å². The van der Waals surface area contributed by atoms with Gasteiger partial charge in [-0.15, -0.1) is 0 Å². The van der Waals surface area contributed by atoms with E-state index in [4.69, 9.17) is 16.3 Å². The van der Waals surface area contributed by atoms with Crippen molar-refractivity contribution in [2.24, 2.45) is 13.0 Å². The number of carbonyl (C=O) groups excluding carboxylic acids is 1. The maximum Gasteiger partial charge on any atom is 0.433 e. The number of ether oxygens (including phenoxy) is 1. The van der Waals surface area contributed by atoms with E-state index in [0.717, 1.165) is 18.3 Å². The number of hydrogen-bond donors (Lipinski definition) is 0. The van der Waals surface area contributed by atoms with Gasteiger partial charge in [0.1, 0.15) is 17.2 Å². The molecule has 0 N–H and O–H groups in total. The number of hydrogen-bond acceptors (Lipinski definition) is 5. The van der Waals surface area contributed by atoms with Crippen LogP contribution in [0.1, 0.15) is 36.4 Å². The number of pyridine rings is 1. The van der Waals surface area contributed by atoms with Gasteiger partial charge < -0.3 is 4.74 Å². The first-order valence-corrected chi connectivity index (χ1v) is 11.0. The molecule has 0 aliphatic rings. The summed E-state index contributed by atoms with van der Waals surface area (Å²) < 4.78 is 60.2. The molecule has 2 aromatic heterocycles. The molecule has 1 aromatic carbocycles. The summed E-state index contributed by atoms with van der Waals surface area (Å²) in [6, 6.07) is 4.53. The number of benzene rings is 1. The molecule has 0 saturated heterocycles. The van der Waals surface area contributed by atoms with Gasteiger partial charge in [-0.3, -0.25) is 14.6 Å². The topological polar surface area (TPSA) is 74.1 Å². The zero-order valence-corrected chi connectivity index (χ0v) is 20.1. The largest absolute Gasteiger partial charge is 0.433 e. The molecule has 2 heterocycles. The van der Waals surface area contributed by atoms with E-state index in [0.29, 0.717) is 5.56 Å². The van der Waals surface area contributed by atoms with Crippen molar-refractivity contribution in [2.75, 3.05) is 0 Å². The van der Waals surface area contributed by atoms with Crippen LogP contribution in [0.25, 0.3) is 11.1 Å². The number of halogens is 5. The van der Waals surface area contributed by atoms with Gasteiger partial charge >= 0.3 is 12.1 Å². The second-order valence-corrected chi connectivity index (χ2v) is 8.63. The van der Waals surface area contributed by atoms with Crippen LogP contribution >= 0.6 is 11.6 Å². The highest BCUT2D eigenvalue weighted by Crippen LogP contribution is 2.36. The van der Waals surface area contributed by atoms with E-state index in [1.807, 2.05) is 0 Å². The van der Waals surface area contributed by atoms with E-state index in [2.05, 4.69) is 10.1 Å². The normalized spacial score (nSPS) is 11.7. The second kappa shape index (κ2) is 10.2. The molecule has 186 valence electrons. The van der Waals surface area contributed by atoms with Gasteiger partial charge in [0.15, 0.2) is 0 Å². The molecule has 0 spiro atoms. The van der Waals surface area contributed by atoms with Crippen LogP contribution in [-0.4, -0.2) is 20.7 Å². The van der Waals surface area contributed by atoms with Crippen molar-refractivity contribution in [1.29, 1.82) is 0 Å². The van der Waals surface area contributed by atoms with Gasteiger partial charge in [-0.05, 0) is 49.1 Å². The average Bonchev–Trinajstić information content (AvgIpc) is 2.78. The van der Waals surface area contributed by atoms with E-state index >= 15 is 4.39 Å². The van der Waals surface area contributed by atoms with Crippen LogP contribution in [0.4, 0.5) is 17.6 Å². The SMILES string of the molecule is Cc1nn(C)c(OC(=O)C(C)C)c(-c2c(F)ccc(Cl)c2CCc2ccc(C(F)(F)F)nc2)c1=O. The van der Waals surface area contributed by atoms with Gasteiger partial charge in [-0.1, -0.05) is 31.5 Å². The van der Waals surface area contributed by atoms with Crippen molar-refractivity contribution in [3.63, 3.8) is 0 Å². The lowest BCUT2D eigenvalue weighted by atomic mass is 9.94. The molecular formula is C24H22ClF4N3O3. The Hall–Kier alpha value is -3.27. The summed E-state index contributed by atoms with van der Waals surface area (Å²) in [4.78, 5) is 28.9. The van der Waals surface area contributed by atoms with Crippen molar-refractivity contribution in [1.82, 2.24) is 14.8 Å². The molecular weight excluding hydrogens is 490 g/mol. The summed E-state index contributed by atoms with van der Waals surface area (Å²) in [6.45, 7) is 4.65. The number of alkyl halides is 3. The summed E-state index contributed by atoms with van der Waals surface area (Å²) in [5, 5.41) is 4.18. The lowest BCUT2D eigenvalue weighted by molar-refractivity contribution is -0.141. The molecule has 35 heavy (non-hydrogen) atoms. The maximum atomic E-state index is 15.2. The predicted octanol–water partition coefficient (Wildman–Crippen LogP) is 5.31. The highest BCUT2D eigenvalue weighted by atomic mass is 35.5. The standard InChI is InChI=1S/C24H22ClF4N3O3/c1-12(2)23(34)35-22-20(21(33)13(3)31-32(22)4)19-15(16(25)8-9-17(19)26)7-5-14-6-10-18(30-11-14)24(27,28)29/h6,8-12H,5,7H2,1-4H3. The summed E-state index contributed by atoms with van der Waals surface area (Å²) in [6.07, 6.45) is -3.25. The molecule has 6 nitrogen and oxygen atoms in total. The first-order chi connectivity index (χ1) is 16.3. The minimum absolute atomic E-state index is 0.0455. The molecule has 0 bridgehead atoms. The smallest absolute Gasteiger partial charge is 0.407 e. The van der Waals surface area contributed by atoms with Crippen molar-refractivity contribution in [3.8, 4) is 17.0 Å². The molecule has 0 aliphatic carbocycles. The fourth-order valence-electron chi connectivity index (χ4n) is 3.42. The predicted molar refractivity (Wildman–Crippen MR) is 122 cm³/mol. The Morgan fingerprint density at radius 3 is 2.40 bits per heavy atom. The Labute approximate surface area is 203 Å². The molecule has 0 fully saturated rings. The van der Waals surface area contributed by atoms with Gasteiger partial charge in [0.2, 0.25) is 11.3 Å². The third-order valence-electron chi connectivity index (χ3n) is 5.27. The van der Waals surface area contributed by atoms with Crippen molar-refractivity contribution >= 4 is 17.6 Å². The zero-order chi connectivity index (χ0) is 26.1. The quantitative estimate of drug-likeness (QED) is 0.331. The number of nitrogens with zero attached hydrogens (tertiary/aromatic N) is 3. The van der Waals surface area contributed by atoms with Crippen LogP contribution in [0.2, 0.25) is 5.02 Å². The van der Waals surface area contributed by atoms with Gasteiger partial charge in [-0.25, -0.2) is 9.07 Å². The monoisotopic (exact) mass is 511 g/mol. The molecule has 11 heteroatoms. The highest BCUT2D eigenvalue weighted by Gasteiger charge is 2.32. The number of aryl methyl sites for hydroxylation is 3. The van der Waals surface area contributed by atoms with Crippen LogP contribution in [0.5, 0.6) is 5.88 Å². The van der Waals surface area contributed by atoms with Gasteiger partial charge in [0.25, 0.3) is 0 Å². The number of esters is 1. The molecule has 0 unspecified atom stereocenters. The molecule has 0 atom stereocenters. The minimum Gasteiger partial charge on any atom is -0.407 e. The fourth-order valence-corrected chi connectivity index (χ4v) is 3.68. The number of rotatable bonds is 6. The highest BCUT2D eigenvalue weighted by molar-refractivity contribution is 6.31. The zero-order valence-electron chi connectivity index (χ0n) is 19.3. The third-order valence-corrected chi connectivity index (χ3v) is 5.62. The van der Waals surface area contributed by atoms with E-state index < -0.39 is 35.0 Å². The Morgan fingerprint density at radius 1 is 1.14 bits per heavy atom. The summed E-state index contributed by atoms with van der Waals surface area (Å²) >= 11 is 6.38. The van der Waals surface area contributed by atoms with E-state index in [1.54, 1.807) is 13.8 Å². The van der Waals surface area contributed by atoms with Crippen LogP contribution in [0, 0.1) is 18.7 Å². The first kappa shape index (κ1) is 26.3. The molecule has 0 saturated carbocycles. The van der Waals surface area contributed by atoms with Crippen LogP contribution in [0.3, 0.4) is 0 Å². The molecule has 3 rings (SSSR count). The lowest BCUT2D eigenvalue weighted by Crippen LogP contribution is -2.24. The van der Waals surface area contributed by atoms with E-state index in [-0.39, 0.29) is 46.1 Å². The summed E-state index contributed by atoms with van der Waals surface area (Å²) in [7, 11) is 1.45. The molecule has 3 aromatic rings. The van der Waals surface area contributed by atoms with Crippen LogP contribution in [0.15, 0.2) is 35.3 Å². The fraction of sp³-hybridized carbons (Fsp3) is 0.333. The van der Waals surface area contributed by atoms with Crippen molar-refractivity contribution in [2.45, 2.75) is 39.8 Å². The summed E-state index contributed by atoms with van der Waals surface area (Å²) in [5.74, 6) is -2.20. The lowest BCUT2D eigenvalue weighted by Gasteiger charge is -2.18. The maximum absolute atomic E-state index is 15.2. The average molecular weight is 512 g/mol. The molecule has 0 aliphatic heterocycles. The Balaban J connectivity index is 2.11. The van der Waals surface area contributed by atoms with E-state index in [9.17, 15) is 22.8 Å². The second-order valence-electron chi connectivity index (χ2n) is 8.23. The third kappa shape index (κ3) is 5.70. The van der Waals surface area contributed by atoms with Gasteiger partial charge in [0.05, 0.1) is 11.5 Å². The molecule has 0 radical (unpaired) electrons. The number of aromatic nitrogens is 3. The van der Waals surface area contributed by atoms with E-state index in [1.165, 1.54) is 30.8 Å². The Morgan fingerprint density at radius 2 is 1.83 bits per heavy atom. The number of carbonyl (C=O) groups is 1. The van der Waals surface area contributed by atoms with Crippen LogP contribution < -0.4 is 10.2 Å².